The molecule has 0 atom stereocenters. The van der Waals surface area contributed by atoms with Gasteiger partial charge in [-0.2, -0.15) is 0 Å². The Morgan fingerprint density at radius 1 is 1.83 bits per heavy atom. The van der Waals surface area contributed by atoms with Crippen LogP contribution in [-0.2, 0) is 0 Å². The second-order valence-electron chi connectivity index (χ2n) is 0.991. The van der Waals surface area contributed by atoms with Crippen molar-refractivity contribution in [2.24, 2.45) is 0 Å². The lowest BCUT2D eigenvalue weighted by molar-refractivity contribution is 1.60. The van der Waals surface area contributed by atoms with E-state index >= 15 is 0 Å². The summed E-state index contributed by atoms with van der Waals surface area (Å²) >= 11 is 3.94. The molecule has 0 nitrogen and oxygen atoms in total. The van der Waals surface area contributed by atoms with Gasteiger partial charge >= 0.3 is 0 Å². The van der Waals surface area contributed by atoms with Gasteiger partial charge in [0, 0.05) is 0 Å². The molecule has 0 aliphatic rings. The van der Waals surface area contributed by atoms with Gasteiger partial charge in [-0.05, 0) is 18.8 Å². The van der Waals surface area contributed by atoms with E-state index in [1.807, 2.05) is 19.9 Å². The zero-order chi connectivity index (χ0) is 4.99. The molecule has 0 N–H and O–H groups in total. The first-order valence-corrected chi connectivity index (χ1v) is 3.62. The van der Waals surface area contributed by atoms with E-state index < -0.39 is 0 Å². The minimum atomic E-state index is 1.25. The number of hydrogen-bond acceptors (Lipinski definition) is 2. The summed E-state index contributed by atoms with van der Waals surface area (Å²) in [6, 6.07) is 0. The first-order chi connectivity index (χ1) is 2.81. The summed E-state index contributed by atoms with van der Waals surface area (Å²) in [6.45, 7) is 4.02. The van der Waals surface area contributed by atoms with Crippen molar-refractivity contribution < 1.29 is 0 Å². The van der Waals surface area contributed by atoms with Gasteiger partial charge in [0.25, 0.3) is 0 Å². The van der Waals surface area contributed by atoms with Gasteiger partial charge in [-0.25, -0.2) is 0 Å². The van der Waals surface area contributed by atoms with Crippen molar-refractivity contribution in [2.75, 3.05) is 0 Å². The van der Waals surface area contributed by atoms with Gasteiger partial charge in [-0.3, -0.25) is 0 Å². The molecule has 0 saturated carbocycles. The van der Waals surface area contributed by atoms with Gasteiger partial charge < -0.3 is 0 Å². The van der Waals surface area contributed by atoms with Crippen LogP contribution < -0.4 is 0 Å². The molecule has 0 aromatic carbocycles. The average molecular weight is 120 g/mol. The molecule has 0 rings (SSSR count). The summed E-state index contributed by atoms with van der Waals surface area (Å²) in [7, 11) is 1.48. The van der Waals surface area contributed by atoms with Crippen molar-refractivity contribution in [1.82, 2.24) is 0 Å². The SMILES string of the molecule is CC=C(C)SS. The Labute approximate surface area is 47.8 Å². The van der Waals surface area contributed by atoms with Crippen molar-refractivity contribution in [3.05, 3.63) is 11.0 Å². The number of rotatable bonds is 1. The van der Waals surface area contributed by atoms with Crippen LogP contribution in [-0.4, -0.2) is 0 Å². The fourth-order valence-electron chi connectivity index (χ4n) is 0.0527. The summed E-state index contributed by atoms with van der Waals surface area (Å²) < 4.78 is 0. The summed E-state index contributed by atoms with van der Waals surface area (Å²) in [5.74, 6) is 0. The Morgan fingerprint density at radius 2 is 2.33 bits per heavy atom. The van der Waals surface area contributed by atoms with Gasteiger partial charge in [-0.1, -0.05) is 16.9 Å². The third-order valence-electron chi connectivity index (χ3n) is 0.551. The number of thiol groups is 1. The lowest BCUT2D eigenvalue weighted by Gasteiger charge is -1.83. The molecule has 2 heteroatoms. The zero-order valence-corrected chi connectivity index (χ0v) is 5.64. The van der Waals surface area contributed by atoms with E-state index in [0.717, 1.165) is 0 Å². The highest BCUT2D eigenvalue weighted by molar-refractivity contribution is 8.70. The molecular weight excluding hydrogens is 112 g/mol. The molecule has 0 aromatic heterocycles. The highest BCUT2D eigenvalue weighted by Crippen LogP contribution is 2.16. The van der Waals surface area contributed by atoms with E-state index in [1.165, 1.54) is 15.7 Å². The van der Waals surface area contributed by atoms with Crippen LogP contribution in [0.4, 0.5) is 0 Å². The van der Waals surface area contributed by atoms with Crippen LogP contribution in [0.1, 0.15) is 13.8 Å². The topological polar surface area (TPSA) is 0 Å². The van der Waals surface area contributed by atoms with Gasteiger partial charge in [0.1, 0.15) is 0 Å². The van der Waals surface area contributed by atoms with E-state index in [2.05, 4.69) is 11.7 Å². The normalized spacial score (nSPS) is 12.2. The molecule has 0 unspecified atom stereocenters. The van der Waals surface area contributed by atoms with Crippen LogP contribution >= 0.6 is 22.5 Å². The van der Waals surface area contributed by atoms with Crippen LogP contribution in [0.2, 0.25) is 0 Å². The summed E-state index contributed by atoms with van der Waals surface area (Å²) in [4.78, 5) is 1.25. The minimum absolute atomic E-state index is 1.25. The quantitative estimate of drug-likeness (QED) is 0.410. The largest absolute Gasteiger partial charge is 0.106 e. The Balaban J connectivity index is 3.22. The number of allylic oxidation sites excluding steroid dienone is 2. The van der Waals surface area contributed by atoms with E-state index in [-0.39, 0.29) is 0 Å². The van der Waals surface area contributed by atoms with E-state index in [1.54, 1.807) is 0 Å². The molecule has 36 valence electrons. The molecule has 0 amide bonds. The van der Waals surface area contributed by atoms with Crippen molar-refractivity contribution in [3.63, 3.8) is 0 Å². The maximum atomic E-state index is 3.94. The van der Waals surface area contributed by atoms with Gasteiger partial charge in [-0.15, -0.1) is 11.7 Å². The molecule has 0 aliphatic carbocycles. The molecule has 6 heavy (non-hydrogen) atoms. The summed E-state index contributed by atoms with van der Waals surface area (Å²) in [6.07, 6.45) is 2.03. The van der Waals surface area contributed by atoms with Crippen LogP contribution in [0.15, 0.2) is 11.0 Å². The van der Waals surface area contributed by atoms with Crippen molar-refractivity contribution in [2.45, 2.75) is 13.8 Å². The number of hydrogen-bond donors (Lipinski definition) is 1. The van der Waals surface area contributed by atoms with Gasteiger partial charge in [0.15, 0.2) is 0 Å². The molecular formula is C4H8S2. The molecule has 0 aromatic rings. The summed E-state index contributed by atoms with van der Waals surface area (Å²) in [5, 5.41) is 0. The maximum absolute atomic E-state index is 3.94. The first kappa shape index (κ1) is 6.44. The van der Waals surface area contributed by atoms with Crippen LogP contribution in [0.5, 0.6) is 0 Å². The third kappa shape index (κ3) is 2.67. The van der Waals surface area contributed by atoms with Crippen molar-refractivity contribution in [1.29, 1.82) is 0 Å². The maximum Gasteiger partial charge on any atom is -0.0118 e. The molecule has 0 spiro atoms. The smallest absolute Gasteiger partial charge is 0.0118 e. The standard InChI is InChI=1S/C4H8S2/c1-3-4(2)6-5/h3,5H,1-2H3. The Kier molecular flexibility index (Phi) is 3.89. The second-order valence-corrected chi connectivity index (χ2v) is 2.36. The molecule has 0 fully saturated rings. The zero-order valence-electron chi connectivity index (χ0n) is 3.93. The van der Waals surface area contributed by atoms with Crippen LogP contribution in [0.25, 0.3) is 0 Å². The average Bonchev–Trinajstić information content (AvgIpc) is 1.65. The van der Waals surface area contributed by atoms with Crippen LogP contribution in [0.3, 0.4) is 0 Å². The lowest BCUT2D eigenvalue weighted by Crippen LogP contribution is -1.51. The third-order valence-corrected chi connectivity index (χ3v) is 1.94. The monoisotopic (exact) mass is 120 g/mol. The minimum Gasteiger partial charge on any atom is -0.106 e. The van der Waals surface area contributed by atoms with Crippen LogP contribution in [0, 0.1) is 0 Å². The Bertz CT molecular complexity index is 56.6. The Morgan fingerprint density at radius 3 is 2.33 bits per heavy atom. The molecule has 0 saturated heterocycles. The first-order valence-electron chi connectivity index (χ1n) is 1.75. The van der Waals surface area contributed by atoms with Gasteiger partial charge in [0.05, 0.1) is 0 Å². The molecule has 0 bridgehead atoms. The highest BCUT2D eigenvalue weighted by Gasteiger charge is 1.74. The van der Waals surface area contributed by atoms with E-state index in [4.69, 9.17) is 0 Å². The van der Waals surface area contributed by atoms with E-state index in [9.17, 15) is 0 Å². The lowest BCUT2D eigenvalue weighted by atomic mass is 10.6. The summed E-state index contributed by atoms with van der Waals surface area (Å²) in [5.41, 5.74) is 0. The fourth-order valence-corrected chi connectivity index (χ4v) is 0.474. The molecule has 0 heterocycles. The molecule has 0 aliphatic heterocycles. The van der Waals surface area contributed by atoms with Crippen molar-refractivity contribution in [3.8, 4) is 0 Å². The molecule has 0 radical (unpaired) electrons. The fraction of sp³-hybridized carbons (Fsp3) is 0.500. The highest BCUT2D eigenvalue weighted by atomic mass is 33.1. The predicted octanol–water partition coefficient (Wildman–Crippen LogP) is 2.49. The van der Waals surface area contributed by atoms with Gasteiger partial charge in [0.2, 0.25) is 0 Å². The Hall–Kier alpha value is 0.440. The van der Waals surface area contributed by atoms with Crippen molar-refractivity contribution >= 4 is 22.5 Å². The second kappa shape index (κ2) is 3.62. The van der Waals surface area contributed by atoms with E-state index in [0.29, 0.717) is 0 Å². The predicted molar refractivity (Wildman–Crippen MR) is 36.0 cm³/mol.